The molecule has 2 aliphatic rings. The normalized spacial score (nSPS) is 21.6. The van der Waals surface area contributed by atoms with Crippen molar-refractivity contribution < 1.29 is 0 Å². The molecule has 2 aromatic rings. The lowest BCUT2D eigenvalue weighted by atomic mass is 10.0. The minimum atomic E-state index is 0.211. The molecule has 1 aromatic carbocycles. The predicted octanol–water partition coefficient (Wildman–Crippen LogP) is 2.73. The lowest BCUT2D eigenvalue weighted by Crippen LogP contribution is -2.47. The van der Waals surface area contributed by atoms with E-state index in [1.54, 1.807) is 0 Å². The van der Waals surface area contributed by atoms with Gasteiger partial charge in [0.15, 0.2) is 0 Å². The van der Waals surface area contributed by atoms with E-state index >= 15 is 0 Å². The molecule has 23 heavy (non-hydrogen) atoms. The topological polar surface area (TPSA) is 31.4 Å². The second kappa shape index (κ2) is 6.14. The maximum atomic E-state index is 4.52. The minimum absolute atomic E-state index is 0.211. The van der Waals surface area contributed by atoms with Gasteiger partial charge in [-0.1, -0.05) is 36.4 Å². The first-order valence-corrected chi connectivity index (χ1v) is 8.22. The van der Waals surface area contributed by atoms with E-state index in [0.717, 1.165) is 31.9 Å². The number of nitrogens with zero attached hydrogens (tertiary/aromatic N) is 3. The molecule has 0 aliphatic carbocycles. The van der Waals surface area contributed by atoms with E-state index in [2.05, 4.69) is 69.7 Å². The summed E-state index contributed by atoms with van der Waals surface area (Å²) >= 11 is 0. The Balaban J connectivity index is 1.52. The SMILES string of the molecule is CC1=C2CN(Cc3ccccc3)CCN2NC1c1ccccn1. The summed E-state index contributed by atoms with van der Waals surface area (Å²) in [5, 5.41) is 2.32. The molecule has 1 fully saturated rings. The number of pyridine rings is 1. The van der Waals surface area contributed by atoms with Crippen molar-refractivity contribution in [3.63, 3.8) is 0 Å². The average molecular weight is 306 g/mol. The fraction of sp³-hybridized carbons (Fsp3) is 0.316. The monoisotopic (exact) mass is 306 g/mol. The molecule has 1 unspecified atom stereocenters. The van der Waals surface area contributed by atoms with Crippen molar-refractivity contribution in [3.8, 4) is 0 Å². The van der Waals surface area contributed by atoms with E-state index < -0.39 is 0 Å². The standard InChI is InChI=1S/C19H22N4/c1-15-18-14-22(13-16-7-3-2-4-8-16)11-12-23(18)21-19(15)17-9-5-6-10-20-17/h2-10,19,21H,11-14H2,1H3. The van der Waals surface area contributed by atoms with Crippen LogP contribution in [0.3, 0.4) is 0 Å². The highest BCUT2D eigenvalue weighted by atomic mass is 15.6. The van der Waals surface area contributed by atoms with Gasteiger partial charge < -0.3 is 5.01 Å². The van der Waals surface area contributed by atoms with Crippen LogP contribution >= 0.6 is 0 Å². The quantitative estimate of drug-likeness (QED) is 0.945. The van der Waals surface area contributed by atoms with Gasteiger partial charge in [-0.15, -0.1) is 0 Å². The fourth-order valence-electron chi connectivity index (χ4n) is 3.46. The van der Waals surface area contributed by atoms with Crippen molar-refractivity contribution in [3.05, 3.63) is 77.3 Å². The lowest BCUT2D eigenvalue weighted by molar-refractivity contribution is 0.139. The molecule has 0 amide bonds. The number of benzene rings is 1. The first-order chi connectivity index (χ1) is 11.3. The zero-order valence-electron chi connectivity index (χ0n) is 13.4. The molecule has 2 aliphatic heterocycles. The van der Waals surface area contributed by atoms with Gasteiger partial charge in [0, 0.05) is 38.1 Å². The molecule has 1 atom stereocenters. The van der Waals surface area contributed by atoms with Crippen molar-refractivity contribution in [2.24, 2.45) is 0 Å². The van der Waals surface area contributed by atoms with Crippen LogP contribution in [0.5, 0.6) is 0 Å². The smallest absolute Gasteiger partial charge is 0.0911 e. The zero-order valence-corrected chi connectivity index (χ0v) is 13.4. The van der Waals surface area contributed by atoms with Crippen molar-refractivity contribution in [1.82, 2.24) is 20.3 Å². The third-order valence-corrected chi connectivity index (χ3v) is 4.74. The summed E-state index contributed by atoms with van der Waals surface area (Å²) < 4.78 is 0. The van der Waals surface area contributed by atoms with Crippen LogP contribution in [0.2, 0.25) is 0 Å². The van der Waals surface area contributed by atoms with E-state index in [9.17, 15) is 0 Å². The number of rotatable bonds is 3. The molecule has 0 radical (unpaired) electrons. The number of hydrogen-bond acceptors (Lipinski definition) is 4. The van der Waals surface area contributed by atoms with Gasteiger partial charge in [-0.25, -0.2) is 5.43 Å². The number of nitrogens with one attached hydrogen (secondary N) is 1. The molecule has 1 aromatic heterocycles. The van der Waals surface area contributed by atoms with Gasteiger partial charge >= 0.3 is 0 Å². The summed E-state index contributed by atoms with van der Waals surface area (Å²) in [4.78, 5) is 7.04. The third-order valence-electron chi connectivity index (χ3n) is 4.74. The van der Waals surface area contributed by atoms with Crippen LogP contribution in [0, 0.1) is 0 Å². The van der Waals surface area contributed by atoms with Gasteiger partial charge in [-0.3, -0.25) is 9.88 Å². The zero-order chi connectivity index (χ0) is 15.6. The molecule has 0 bridgehead atoms. The Bertz CT molecular complexity index is 696. The van der Waals surface area contributed by atoms with E-state index in [4.69, 9.17) is 0 Å². The van der Waals surface area contributed by atoms with Crippen LogP contribution in [-0.4, -0.2) is 34.5 Å². The van der Waals surface area contributed by atoms with Crippen molar-refractivity contribution in [2.75, 3.05) is 19.6 Å². The summed E-state index contributed by atoms with van der Waals surface area (Å²) in [5.41, 5.74) is 8.89. The number of piperazine rings is 1. The largest absolute Gasteiger partial charge is 0.309 e. The Kier molecular flexibility index (Phi) is 3.85. The highest BCUT2D eigenvalue weighted by Crippen LogP contribution is 2.32. The summed E-state index contributed by atoms with van der Waals surface area (Å²) in [5.74, 6) is 0. The van der Waals surface area contributed by atoms with E-state index in [1.807, 2.05) is 12.3 Å². The highest BCUT2D eigenvalue weighted by Gasteiger charge is 2.33. The van der Waals surface area contributed by atoms with Crippen LogP contribution in [-0.2, 0) is 6.54 Å². The Morgan fingerprint density at radius 3 is 2.70 bits per heavy atom. The van der Waals surface area contributed by atoms with Gasteiger partial charge in [0.05, 0.1) is 11.7 Å². The first kappa shape index (κ1) is 14.4. The van der Waals surface area contributed by atoms with Crippen LogP contribution in [0.4, 0.5) is 0 Å². The lowest BCUT2D eigenvalue weighted by Gasteiger charge is -2.35. The van der Waals surface area contributed by atoms with Crippen molar-refractivity contribution in [2.45, 2.75) is 19.5 Å². The van der Waals surface area contributed by atoms with Crippen LogP contribution in [0.25, 0.3) is 0 Å². The molecule has 4 rings (SSSR count). The molecule has 0 saturated carbocycles. The summed E-state index contributed by atoms with van der Waals surface area (Å²) in [6, 6.07) is 17.1. The Hall–Kier alpha value is -2.17. The van der Waals surface area contributed by atoms with Crippen LogP contribution < -0.4 is 5.43 Å². The van der Waals surface area contributed by atoms with Gasteiger partial charge in [-0.05, 0) is 30.2 Å². The predicted molar refractivity (Wildman–Crippen MR) is 91.2 cm³/mol. The Morgan fingerprint density at radius 2 is 1.91 bits per heavy atom. The van der Waals surface area contributed by atoms with Gasteiger partial charge in [0.2, 0.25) is 0 Å². The van der Waals surface area contributed by atoms with Gasteiger partial charge in [-0.2, -0.15) is 0 Å². The van der Waals surface area contributed by atoms with E-state index in [-0.39, 0.29) is 6.04 Å². The molecule has 3 heterocycles. The van der Waals surface area contributed by atoms with Gasteiger partial charge in [0.1, 0.15) is 0 Å². The molecule has 118 valence electrons. The van der Waals surface area contributed by atoms with Crippen LogP contribution in [0.15, 0.2) is 66.0 Å². The molecular weight excluding hydrogens is 284 g/mol. The molecule has 4 heteroatoms. The highest BCUT2D eigenvalue weighted by molar-refractivity contribution is 5.30. The summed E-state index contributed by atoms with van der Waals surface area (Å²) in [6.45, 7) is 6.33. The summed E-state index contributed by atoms with van der Waals surface area (Å²) in [7, 11) is 0. The average Bonchev–Trinajstić information content (AvgIpc) is 2.93. The Morgan fingerprint density at radius 1 is 1.09 bits per heavy atom. The maximum absolute atomic E-state index is 4.52. The second-order valence-electron chi connectivity index (χ2n) is 6.29. The van der Waals surface area contributed by atoms with Crippen molar-refractivity contribution in [1.29, 1.82) is 0 Å². The summed E-state index contributed by atoms with van der Waals surface area (Å²) in [6.07, 6.45) is 1.87. The molecule has 1 saturated heterocycles. The van der Waals surface area contributed by atoms with E-state index in [1.165, 1.54) is 16.8 Å². The van der Waals surface area contributed by atoms with Crippen LogP contribution in [0.1, 0.15) is 24.2 Å². The van der Waals surface area contributed by atoms with Crippen molar-refractivity contribution >= 4 is 0 Å². The van der Waals surface area contributed by atoms with Gasteiger partial charge in [0.25, 0.3) is 0 Å². The third kappa shape index (κ3) is 2.87. The number of hydrazine groups is 1. The maximum Gasteiger partial charge on any atom is 0.0911 e. The minimum Gasteiger partial charge on any atom is -0.309 e. The number of hydrogen-bond donors (Lipinski definition) is 1. The molecule has 4 nitrogen and oxygen atoms in total. The number of fused-ring (bicyclic) bond motifs is 1. The Labute approximate surface area is 137 Å². The molecule has 0 spiro atoms. The second-order valence-corrected chi connectivity index (χ2v) is 6.29. The first-order valence-electron chi connectivity index (χ1n) is 8.22. The number of aromatic nitrogens is 1. The fourth-order valence-corrected chi connectivity index (χ4v) is 3.46. The molecular formula is C19H22N4. The molecule has 1 N–H and O–H groups in total. The van der Waals surface area contributed by atoms with E-state index in [0.29, 0.717) is 0 Å².